The van der Waals surface area contributed by atoms with E-state index in [4.69, 9.17) is 9.47 Å². The Morgan fingerprint density at radius 3 is 2.42 bits per heavy atom. The van der Waals surface area contributed by atoms with Gasteiger partial charge in [-0.1, -0.05) is 15.9 Å². The van der Waals surface area contributed by atoms with E-state index in [-0.39, 0.29) is 15.8 Å². The molecule has 0 bridgehead atoms. The standard InChI is InChI=1S/C14H17NO3.C8H4BrF3O/c1-17-14-9-11-10(2-3-13(11)16)8-12(14)15-4-6-18-7-5-15;9-7-2-5(4-13)1-6(3-7)8(10,11)12/h8-9H,2-7H2,1H3;1-4H. The molecule has 4 rings (SSSR count). The molecule has 0 aromatic heterocycles. The number of morpholine rings is 1. The van der Waals surface area contributed by atoms with Crippen LogP contribution in [0.3, 0.4) is 0 Å². The summed E-state index contributed by atoms with van der Waals surface area (Å²) in [4.78, 5) is 24.3. The number of fused-ring (bicyclic) bond motifs is 1. The summed E-state index contributed by atoms with van der Waals surface area (Å²) in [5.74, 6) is 1.03. The molecule has 1 saturated heterocycles. The lowest BCUT2D eigenvalue weighted by Gasteiger charge is -2.30. The molecule has 0 spiro atoms. The van der Waals surface area contributed by atoms with Crippen LogP contribution in [0.1, 0.15) is 38.3 Å². The largest absolute Gasteiger partial charge is 0.495 e. The van der Waals surface area contributed by atoms with E-state index in [1.54, 1.807) is 7.11 Å². The summed E-state index contributed by atoms with van der Waals surface area (Å²) in [7, 11) is 1.66. The molecule has 1 heterocycles. The van der Waals surface area contributed by atoms with Crippen molar-refractivity contribution in [2.45, 2.75) is 19.0 Å². The number of Topliss-reactive ketones (excluding diaryl/α,β-unsaturated/α-hetero) is 1. The summed E-state index contributed by atoms with van der Waals surface area (Å²) in [5, 5.41) is 0. The topological polar surface area (TPSA) is 55.8 Å². The van der Waals surface area contributed by atoms with Crippen molar-refractivity contribution in [1.82, 2.24) is 0 Å². The highest BCUT2D eigenvalue weighted by Crippen LogP contribution is 2.36. The number of ketones is 1. The molecule has 2 aromatic carbocycles. The first-order valence-corrected chi connectivity index (χ1v) is 10.4. The molecule has 166 valence electrons. The monoisotopic (exact) mass is 499 g/mol. The van der Waals surface area contributed by atoms with Crippen molar-refractivity contribution in [3.63, 3.8) is 0 Å². The van der Waals surface area contributed by atoms with Crippen molar-refractivity contribution in [1.29, 1.82) is 0 Å². The number of carbonyl (C=O) groups is 2. The Morgan fingerprint density at radius 1 is 1.10 bits per heavy atom. The van der Waals surface area contributed by atoms with E-state index in [1.807, 2.05) is 6.07 Å². The molecule has 0 saturated carbocycles. The highest BCUT2D eigenvalue weighted by atomic mass is 79.9. The Labute approximate surface area is 186 Å². The van der Waals surface area contributed by atoms with E-state index in [0.29, 0.717) is 12.7 Å². The van der Waals surface area contributed by atoms with Gasteiger partial charge in [-0.3, -0.25) is 9.59 Å². The first-order valence-electron chi connectivity index (χ1n) is 9.62. The van der Waals surface area contributed by atoms with E-state index >= 15 is 0 Å². The van der Waals surface area contributed by atoms with Crippen molar-refractivity contribution >= 4 is 33.7 Å². The smallest absolute Gasteiger partial charge is 0.416 e. The van der Waals surface area contributed by atoms with Gasteiger partial charge in [0.2, 0.25) is 0 Å². The number of carbonyl (C=O) groups excluding carboxylic acids is 2. The number of hydrogen-bond donors (Lipinski definition) is 0. The molecular formula is C22H21BrF3NO4. The predicted molar refractivity (Wildman–Crippen MR) is 113 cm³/mol. The number of halogens is 4. The minimum absolute atomic E-state index is 0.00157. The Kier molecular flexibility index (Phi) is 7.38. The van der Waals surface area contributed by atoms with Crippen LogP contribution in [0.2, 0.25) is 0 Å². The SMILES string of the molecule is COc1cc2c(cc1N1CCOCC1)CCC2=O.O=Cc1cc(Br)cc(C(F)(F)F)c1. The molecule has 0 unspecified atom stereocenters. The van der Waals surface area contributed by atoms with Crippen LogP contribution in [0, 0.1) is 0 Å². The van der Waals surface area contributed by atoms with Crippen molar-refractivity contribution in [3.05, 3.63) is 57.1 Å². The number of alkyl halides is 3. The van der Waals surface area contributed by atoms with Crippen molar-refractivity contribution in [2.75, 3.05) is 38.3 Å². The van der Waals surface area contributed by atoms with Crippen LogP contribution in [0.4, 0.5) is 18.9 Å². The Balaban J connectivity index is 0.000000187. The lowest BCUT2D eigenvalue weighted by atomic mass is 10.1. The van der Waals surface area contributed by atoms with E-state index in [1.165, 1.54) is 6.07 Å². The normalized spacial score (nSPS) is 15.8. The van der Waals surface area contributed by atoms with Crippen LogP contribution in [0.15, 0.2) is 34.8 Å². The number of methoxy groups -OCH3 is 1. The average molecular weight is 500 g/mol. The van der Waals surface area contributed by atoms with Crippen molar-refractivity contribution < 1.29 is 32.2 Å². The molecule has 9 heteroatoms. The number of hydrogen-bond acceptors (Lipinski definition) is 5. The molecule has 2 aromatic rings. The van der Waals surface area contributed by atoms with Gasteiger partial charge in [-0.05, 0) is 42.3 Å². The highest BCUT2D eigenvalue weighted by Gasteiger charge is 2.31. The average Bonchev–Trinajstić information content (AvgIpc) is 3.12. The van der Waals surface area contributed by atoms with E-state index in [0.717, 1.165) is 67.4 Å². The fourth-order valence-electron chi connectivity index (χ4n) is 3.52. The van der Waals surface area contributed by atoms with Crippen LogP contribution in [-0.2, 0) is 17.3 Å². The fraction of sp³-hybridized carbons (Fsp3) is 0.364. The maximum absolute atomic E-state index is 12.1. The second-order valence-corrected chi connectivity index (χ2v) is 8.01. The van der Waals surface area contributed by atoms with Crippen LogP contribution >= 0.6 is 15.9 Å². The van der Waals surface area contributed by atoms with Crippen molar-refractivity contribution in [3.8, 4) is 5.75 Å². The van der Waals surface area contributed by atoms with Crippen LogP contribution in [-0.4, -0.2) is 45.5 Å². The molecule has 0 N–H and O–H groups in total. The van der Waals surface area contributed by atoms with Gasteiger partial charge in [-0.15, -0.1) is 0 Å². The molecule has 1 aliphatic heterocycles. The molecule has 2 aliphatic rings. The minimum atomic E-state index is -4.42. The Hall–Kier alpha value is -2.39. The van der Waals surface area contributed by atoms with Gasteiger partial charge in [0.05, 0.1) is 31.6 Å². The van der Waals surface area contributed by atoms with Gasteiger partial charge in [-0.2, -0.15) is 13.2 Å². The number of benzene rings is 2. The first kappa shape index (κ1) is 23.3. The Bertz CT molecular complexity index is 972. The fourth-order valence-corrected chi connectivity index (χ4v) is 4.03. The lowest BCUT2D eigenvalue weighted by molar-refractivity contribution is -0.137. The zero-order valence-electron chi connectivity index (χ0n) is 16.8. The third kappa shape index (κ3) is 5.65. The molecule has 0 atom stereocenters. The number of aryl methyl sites for hydroxylation is 1. The van der Waals surface area contributed by atoms with Crippen molar-refractivity contribution in [2.24, 2.45) is 0 Å². The number of ether oxygens (including phenoxy) is 2. The predicted octanol–water partition coefficient (Wildman–Crippen LogP) is 4.94. The van der Waals surface area contributed by atoms with Gasteiger partial charge in [0.1, 0.15) is 12.0 Å². The summed E-state index contributed by atoms with van der Waals surface area (Å²) in [6, 6.07) is 7.06. The van der Waals surface area contributed by atoms with Crippen LogP contribution < -0.4 is 9.64 Å². The van der Waals surface area contributed by atoms with E-state index < -0.39 is 11.7 Å². The number of anilines is 1. The molecule has 31 heavy (non-hydrogen) atoms. The summed E-state index contributed by atoms with van der Waals surface area (Å²) in [5.41, 5.74) is 2.26. The first-order chi connectivity index (χ1) is 14.7. The van der Waals surface area contributed by atoms with Gasteiger partial charge in [0.25, 0.3) is 0 Å². The van der Waals surface area contributed by atoms with Gasteiger partial charge in [0, 0.05) is 35.1 Å². The second-order valence-electron chi connectivity index (χ2n) is 7.09. The molecule has 1 fully saturated rings. The summed E-state index contributed by atoms with van der Waals surface area (Å²) < 4.78 is 47.5. The zero-order valence-corrected chi connectivity index (χ0v) is 18.4. The molecular weight excluding hydrogens is 479 g/mol. The lowest BCUT2D eigenvalue weighted by Crippen LogP contribution is -2.36. The minimum Gasteiger partial charge on any atom is -0.495 e. The maximum Gasteiger partial charge on any atom is 0.416 e. The van der Waals surface area contributed by atoms with Gasteiger partial charge < -0.3 is 14.4 Å². The van der Waals surface area contributed by atoms with E-state index in [2.05, 4.69) is 26.9 Å². The summed E-state index contributed by atoms with van der Waals surface area (Å²) in [6.07, 6.45) is -2.55. The van der Waals surface area contributed by atoms with Gasteiger partial charge in [-0.25, -0.2) is 0 Å². The molecule has 1 aliphatic carbocycles. The van der Waals surface area contributed by atoms with Crippen LogP contribution in [0.5, 0.6) is 5.75 Å². The third-order valence-corrected chi connectivity index (χ3v) is 5.52. The van der Waals surface area contributed by atoms with Gasteiger partial charge in [0.15, 0.2) is 5.78 Å². The maximum atomic E-state index is 12.1. The second kappa shape index (κ2) is 9.82. The number of rotatable bonds is 3. The molecule has 5 nitrogen and oxygen atoms in total. The molecule has 0 amide bonds. The summed E-state index contributed by atoms with van der Waals surface area (Å²) in [6.45, 7) is 3.25. The Morgan fingerprint density at radius 2 is 1.81 bits per heavy atom. The van der Waals surface area contributed by atoms with Crippen LogP contribution in [0.25, 0.3) is 0 Å². The third-order valence-electron chi connectivity index (χ3n) is 5.06. The zero-order chi connectivity index (χ0) is 22.6. The summed E-state index contributed by atoms with van der Waals surface area (Å²) >= 11 is 2.89. The number of nitrogens with zero attached hydrogens (tertiary/aromatic N) is 1. The molecule has 0 radical (unpaired) electrons. The highest BCUT2D eigenvalue weighted by molar-refractivity contribution is 9.10. The number of aldehydes is 1. The van der Waals surface area contributed by atoms with Gasteiger partial charge >= 0.3 is 6.18 Å². The quantitative estimate of drug-likeness (QED) is 0.559. The van der Waals surface area contributed by atoms with E-state index in [9.17, 15) is 22.8 Å².